The van der Waals surface area contributed by atoms with Gasteiger partial charge in [-0.3, -0.25) is 0 Å². The van der Waals surface area contributed by atoms with E-state index < -0.39 is 36.9 Å². The molecule has 0 bridgehead atoms. The molecular weight excluding hydrogens is 362 g/mol. The molecule has 0 saturated carbocycles. The SMILES string of the molecule is [N-]=[N+]=N[C@H]1[C@H](OCc2ccccc2)O[C@@H]2COC(c3ccccc3)O[C@@H]2[C@@H]1O. The Labute approximate surface area is 162 Å². The van der Waals surface area contributed by atoms with Gasteiger partial charge in [-0.2, -0.15) is 0 Å². The van der Waals surface area contributed by atoms with E-state index in [4.69, 9.17) is 24.5 Å². The molecule has 8 nitrogen and oxygen atoms in total. The molecule has 0 spiro atoms. The summed E-state index contributed by atoms with van der Waals surface area (Å²) in [7, 11) is 0. The number of hydrogen-bond donors (Lipinski definition) is 1. The highest BCUT2D eigenvalue weighted by atomic mass is 16.7. The molecule has 6 atom stereocenters. The number of hydrogen-bond acceptors (Lipinski definition) is 6. The van der Waals surface area contributed by atoms with Gasteiger partial charge in [-0.15, -0.1) is 0 Å². The molecule has 0 radical (unpaired) electrons. The Morgan fingerprint density at radius 2 is 1.79 bits per heavy atom. The van der Waals surface area contributed by atoms with Gasteiger partial charge in [0.25, 0.3) is 0 Å². The van der Waals surface area contributed by atoms with E-state index in [2.05, 4.69) is 10.0 Å². The van der Waals surface area contributed by atoms with Gasteiger partial charge in [0.1, 0.15) is 18.2 Å². The minimum atomic E-state index is -1.08. The standard InChI is InChI=1S/C20H21N3O5/c21-23-22-16-17(24)18-15(12-26-19(28-18)14-9-5-2-6-10-14)27-20(16)25-11-13-7-3-1-4-8-13/h1-10,15-20,24H,11-12H2/t15-,16-,17-,18+,19?,20-/m1/s1. The zero-order chi connectivity index (χ0) is 19.3. The number of nitrogens with zero attached hydrogens (tertiary/aromatic N) is 3. The number of aliphatic hydroxyl groups excluding tert-OH is 1. The third-order valence-corrected chi connectivity index (χ3v) is 4.85. The normalized spacial score (nSPS) is 32.2. The molecule has 2 aromatic rings. The third kappa shape index (κ3) is 4.02. The highest BCUT2D eigenvalue weighted by molar-refractivity contribution is 5.17. The Hall–Kier alpha value is -2.45. The van der Waals surface area contributed by atoms with Crippen molar-refractivity contribution in [2.24, 2.45) is 5.11 Å². The fourth-order valence-corrected chi connectivity index (χ4v) is 3.43. The van der Waals surface area contributed by atoms with Crippen LogP contribution in [0.1, 0.15) is 17.4 Å². The topological polar surface area (TPSA) is 106 Å². The van der Waals surface area contributed by atoms with Crippen LogP contribution in [0.4, 0.5) is 0 Å². The largest absolute Gasteiger partial charge is 0.390 e. The predicted octanol–water partition coefficient (Wildman–Crippen LogP) is 3.08. The molecule has 146 valence electrons. The Kier molecular flexibility index (Phi) is 5.87. The average molecular weight is 383 g/mol. The summed E-state index contributed by atoms with van der Waals surface area (Å²) in [4.78, 5) is 2.85. The number of ether oxygens (including phenoxy) is 4. The number of rotatable bonds is 5. The summed E-state index contributed by atoms with van der Waals surface area (Å²) >= 11 is 0. The molecule has 0 aliphatic carbocycles. The van der Waals surface area contributed by atoms with Crippen molar-refractivity contribution in [2.75, 3.05) is 6.61 Å². The van der Waals surface area contributed by atoms with Crippen LogP contribution in [0, 0.1) is 0 Å². The first-order valence-electron chi connectivity index (χ1n) is 9.11. The lowest BCUT2D eigenvalue weighted by atomic mass is 9.96. The van der Waals surface area contributed by atoms with E-state index in [1.807, 2.05) is 60.7 Å². The third-order valence-electron chi connectivity index (χ3n) is 4.85. The highest BCUT2D eigenvalue weighted by Gasteiger charge is 2.49. The monoisotopic (exact) mass is 383 g/mol. The molecule has 8 heteroatoms. The van der Waals surface area contributed by atoms with Crippen molar-refractivity contribution in [1.29, 1.82) is 0 Å². The molecule has 2 aliphatic rings. The van der Waals surface area contributed by atoms with Crippen LogP contribution in [-0.4, -0.2) is 42.4 Å². The Morgan fingerprint density at radius 1 is 1.07 bits per heavy atom. The van der Waals surface area contributed by atoms with Gasteiger partial charge in [0.2, 0.25) is 0 Å². The van der Waals surface area contributed by atoms with Crippen LogP contribution < -0.4 is 0 Å². The number of benzene rings is 2. The molecule has 2 aliphatic heterocycles. The lowest BCUT2D eigenvalue weighted by Crippen LogP contribution is -2.61. The van der Waals surface area contributed by atoms with E-state index in [0.717, 1.165) is 11.1 Å². The van der Waals surface area contributed by atoms with Crippen LogP contribution in [0.3, 0.4) is 0 Å². The van der Waals surface area contributed by atoms with Gasteiger partial charge in [-0.25, -0.2) is 0 Å². The van der Waals surface area contributed by atoms with Gasteiger partial charge in [-0.05, 0) is 11.1 Å². The fraction of sp³-hybridized carbons (Fsp3) is 0.400. The van der Waals surface area contributed by atoms with Gasteiger partial charge in [0.15, 0.2) is 12.6 Å². The molecule has 4 rings (SSSR count). The average Bonchev–Trinajstić information content (AvgIpc) is 2.76. The molecule has 2 fully saturated rings. The summed E-state index contributed by atoms with van der Waals surface area (Å²) in [5.41, 5.74) is 10.7. The van der Waals surface area contributed by atoms with E-state index in [1.54, 1.807) is 0 Å². The summed E-state index contributed by atoms with van der Waals surface area (Å²) in [6.45, 7) is 0.497. The molecule has 1 N–H and O–H groups in total. The van der Waals surface area contributed by atoms with Crippen molar-refractivity contribution in [2.45, 2.75) is 43.5 Å². The summed E-state index contributed by atoms with van der Waals surface area (Å²) in [6.07, 6.45) is -3.81. The zero-order valence-electron chi connectivity index (χ0n) is 15.1. The van der Waals surface area contributed by atoms with Crippen molar-refractivity contribution >= 4 is 0 Å². The number of fused-ring (bicyclic) bond motifs is 1. The second kappa shape index (κ2) is 8.70. The van der Waals surface area contributed by atoms with Crippen LogP contribution in [0.25, 0.3) is 10.4 Å². The smallest absolute Gasteiger partial charge is 0.184 e. The van der Waals surface area contributed by atoms with Gasteiger partial charge >= 0.3 is 0 Å². The molecule has 0 aromatic heterocycles. The van der Waals surface area contributed by atoms with Crippen molar-refractivity contribution < 1.29 is 24.1 Å². The number of aliphatic hydroxyl groups is 1. The Balaban J connectivity index is 1.47. The molecular formula is C20H21N3O5. The maximum Gasteiger partial charge on any atom is 0.184 e. The Bertz CT molecular complexity index is 815. The maximum atomic E-state index is 10.8. The summed E-state index contributed by atoms with van der Waals surface area (Å²) in [5.74, 6) is 0. The summed E-state index contributed by atoms with van der Waals surface area (Å²) in [5, 5.41) is 14.5. The molecule has 1 unspecified atom stereocenters. The highest BCUT2D eigenvalue weighted by Crippen LogP contribution is 2.35. The van der Waals surface area contributed by atoms with Gasteiger partial charge in [-0.1, -0.05) is 65.8 Å². The van der Waals surface area contributed by atoms with Crippen LogP contribution in [0.15, 0.2) is 65.8 Å². The predicted molar refractivity (Wildman–Crippen MR) is 98.8 cm³/mol. The van der Waals surface area contributed by atoms with Crippen LogP contribution in [-0.2, 0) is 25.6 Å². The van der Waals surface area contributed by atoms with Gasteiger partial charge < -0.3 is 24.1 Å². The minimum Gasteiger partial charge on any atom is -0.390 e. The van der Waals surface area contributed by atoms with E-state index in [-0.39, 0.29) is 13.2 Å². The molecule has 28 heavy (non-hydrogen) atoms. The van der Waals surface area contributed by atoms with Crippen molar-refractivity contribution in [1.82, 2.24) is 0 Å². The maximum absolute atomic E-state index is 10.8. The number of azide groups is 1. The second-order valence-electron chi connectivity index (χ2n) is 6.70. The molecule has 2 heterocycles. The van der Waals surface area contributed by atoms with E-state index in [1.165, 1.54) is 0 Å². The van der Waals surface area contributed by atoms with Gasteiger partial charge in [0, 0.05) is 10.5 Å². The van der Waals surface area contributed by atoms with Crippen molar-refractivity contribution in [3.05, 3.63) is 82.2 Å². The first-order chi connectivity index (χ1) is 13.8. The van der Waals surface area contributed by atoms with E-state index in [0.29, 0.717) is 0 Å². The Morgan fingerprint density at radius 3 is 2.50 bits per heavy atom. The fourth-order valence-electron chi connectivity index (χ4n) is 3.43. The lowest BCUT2D eigenvalue weighted by molar-refractivity contribution is -0.343. The quantitative estimate of drug-likeness (QED) is 0.485. The van der Waals surface area contributed by atoms with Gasteiger partial charge in [0.05, 0.1) is 19.3 Å². The summed E-state index contributed by atoms with van der Waals surface area (Å²) < 4.78 is 23.5. The molecule has 2 aromatic carbocycles. The van der Waals surface area contributed by atoms with Crippen LogP contribution in [0.5, 0.6) is 0 Å². The van der Waals surface area contributed by atoms with E-state index >= 15 is 0 Å². The molecule has 2 saturated heterocycles. The summed E-state index contributed by atoms with van der Waals surface area (Å²) in [6, 6.07) is 18.1. The first-order valence-corrected chi connectivity index (χ1v) is 9.11. The van der Waals surface area contributed by atoms with E-state index in [9.17, 15) is 5.11 Å². The van der Waals surface area contributed by atoms with Crippen LogP contribution >= 0.6 is 0 Å². The van der Waals surface area contributed by atoms with Crippen molar-refractivity contribution in [3.63, 3.8) is 0 Å². The minimum absolute atomic E-state index is 0.232. The molecule has 0 amide bonds. The zero-order valence-corrected chi connectivity index (χ0v) is 15.1. The van der Waals surface area contributed by atoms with Crippen LogP contribution in [0.2, 0.25) is 0 Å². The van der Waals surface area contributed by atoms with Crippen molar-refractivity contribution in [3.8, 4) is 0 Å². The first kappa shape index (κ1) is 18.9. The second-order valence-corrected chi connectivity index (χ2v) is 6.70. The lowest BCUT2D eigenvalue weighted by Gasteiger charge is -2.46.